The Bertz CT molecular complexity index is 5640. The lowest BCUT2D eigenvalue weighted by Gasteiger charge is -2.34. The van der Waals surface area contributed by atoms with E-state index in [4.69, 9.17) is 0 Å². The van der Waals surface area contributed by atoms with Crippen LogP contribution in [0.4, 0.5) is 0 Å². The molecular weight excluding hydrogens is 1330 g/mol. The summed E-state index contributed by atoms with van der Waals surface area (Å²) >= 11 is 14.6. The number of fused-ring (bicyclic) bond motifs is 15. The van der Waals surface area contributed by atoms with E-state index in [9.17, 15) is 30.6 Å². The van der Waals surface area contributed by atoms with Gasteiger partial charge in [-0.25, -0.2) is 0 Å². The van der Waals surface area contributed by atoms with E-state index in [0.717, 1.165) is 29.3 Å². The van der Waals surface area contributed by atoms with Gasteiger partial charge in [-0.15, -0.1) is 90.7 Å². The first-order valence-electron chi connectivity index (χ1n) is 30.9. The molecule has 14 heteroatoms. The summed E-state index contributed by atoms with van der Waals surface area (Å²) in [6, 6.07) is 72.9. The van der Waals surface area contributed by atoms with Crippen molar-refractivity contribution in [2.75, 3.05) is 0 Å². The maximum absolute atomic E-state index is 14.0. The first kappa shape index (κ1) is 58.5. The Morgan fingerprint density at radius 2 is 0.656 bits per heavy atom. The van der Waals surface area contributed by atoms with Gasteiger partial charge in [-0.2, -0.15) is 21.0 Å². The normalized spacial score (nSPS) is 15.2. The van der Waals surface area contributed by atoms with Crippen LogP contribution in [0.1, 0.15) is 108 Å². The Balaban J connectivity index is 0.836. The summed E-state index contributed by atoms with van der Waals surface area (Å²) < 4.78 is 7.57. The molecule has 14 aromatic rings. The number of nitrogens with zero attached hydrogens (tertiary/aromatic N) is 4. The smallest absolute Gasteiger partial charge is 0.194 e. The SMILES string of the molecule is Cc1ccc(C2(c3ccc(C)cc3)c3c(sc4cc(-c5ccc(C=C6C(=O)c7ccccc7C6=C(C#N)C#N)s5)sc34)-c3sc4c5c(sc4c32)-c2sc3cc(-c4ccc(C=C6C(=O)c7ccccc7C6=C(C#N)C#N)s4)sc3c2C5(c2ccc(C)cc2)c2ccc(C)cc2)cc1. The summed E-state index contributed by atoms with van der Waals surface area (Å²) in [5.41, 5.74) is 17.1. The maximum atomic E-state index is 14.0. The van der Waals surface area contributed by atoms with Crippen molar-refractivity contribution in [1.29, 1.82) is 21.0 Å². The van der Waals surface area contributed by atoms with Crippen LogP contribution in [0.3, 0.4) is 0 Å². The molecule has 96 heavy (non-hydrogen) atoms. The topological polar surface area (TPSA) is 129 Å². The molecule has 0 bridgehead atoms. The van der Waals surface area contributed by atoms with Gasteiger partial charge in [0.1, 0.15) is 35.4 Å². The van der Waals surface area contributed by atoms with Crippen molar-refractivity contribution in [3.63, 3.8) is 0 Å². The quantitative estimate of drug-likeness (QED) is 0.110. The van der Waals surface area contributed by atoms with E-state index in [1.807, 2.05) is 129 Å². The molecule has 4 aliphatic carbocycles. The molecule has 4 aliphatic rings. The molecule has 0 N–H and O–H groups in total. The van der Waals surface area contributed by atoms with Gasteiger partial charge in [0.05, 0.1) is 49.1 Å². The number of hydrogen-bond acceptors (Lipinski definition) is 14. The number of hydrogen-bond donors (Lipinski definition) is 0. The van der Waals surface area contributed by atoms with Crippen LogP contribution in [0.25, 0.3) is 90.5 Å². The minimum atomic E-state index is -0.714. The Kier molecular flexibility index (Phi) is 13.3. The molecule has 6 aromatic carbocycles. The van der Waals surface area contributed by atoms with Gasteiger partial charge in [-0.3, -0.25) is 9.59 Å². The number of ketones is 2. The van der Waals surface area contributed by atoms with Crippen LogP contribution in [-0.2, 0) is 10.8 Å². The predicted octanol–water partition coefficient (Wildman–Crippen LogP) is 23.1. The molecule has 0 spiro atoms. The average Bonchev–Trinajstić information content (AvgIpc) is 1.48. The zero-order valence-corrected chi connectivity index (χ0v) is 57.9. The zero-order chi connectivity index (χ0) is 65.2. The molecule has 0 fully saturated rings. The highest BCUT2D eigenvalue weighted by atomic mass is 32.1. The maximum Gasteiger partial charge on any atom is 0.194 e. The van der Waals surface area contributed by atoms with Crippen LogP contribution >= 0.6 is 90.7 Å². The fraction of sp³-hybridized carbons (Fsp3) is 0.0732. The summed E-state index contributed by atoms with van der Waals surface area (Å²) in [6.45, 7) is 8.67. The van der Waals surface area contributed by atoms with Gasteiger partial charge in [-0.05, 0) is 110 Å². The first-order chi connectivity index (χ1) is 46.8. The predicted molar refractivity (Wildman–Crippen MR) is 400 cm³/mol. The summed E-state index contributed by atoms with van der Waals surface area (Å²) in [6.07, 6.45) is 3.70. The molecule has 0 atom stereocenters. The molecule has 18 rings (SSSR count). The molecule has 452 valence electrons. The molecule has 0 saturated carbocycles. The van der Waals surface area contributed by atoms with Gasteiger partial charge >= 0.3 is 0 Å². The summed E-state index contributed by atoms with van der Waals surface area (Å²) in [7, 11) is 0. The van der Waals surface area contributed by atoms with Crippen molar-refractivity contribution in [3.05, 3.63) is 303 Å². The van der Waals surface area contributed by atoms with Crippen molar-refractivity contribution in [1.82, 2.24) is 0 Å². The molecule has 8 aromatic heterocycles. The Morgan fingerprint density at radius 3 is 0.990 bits per heavy atom. The van der Waals surface area contributed by atoms with Gasteiger partial charge in [-0.1, -0.05) is 168 Å². The summed E-state index contributed by atoms with van der Waals surface area (Å²) in [5, 5.41) is 40.3. The number of carbonyl (C=O) groups excluding carboxylic acids is 2. The standard InChI is InChI=1S/C82H44N4O2S8/c1-41-13-21-47(22-14-41)81(48-23-15-42(2)16-24-48)67-73-63(35-61(91-73)59-31-29-51(89-59)33-57-65(45(37-83)38-84)53-9-5-7-11-55(53)71(57)87)93-75(67)77-69(81)79-80(95-77)70-78(96-79)76-68(82(70,49-25-17-43(3)18-26-49)50-27-19-44(4)20-28-50)74-64(94-76)36-62(92-74)60-32-30-52(90-60)34-58-66(46(39-85)40-86)54-10-6-8-12-56(54)72(58)88/h5-36H,1-4H3. The van der Waals surface area contributed by atoms with E-state index in [1.165, 1.54) is 114 Å². The lowest BCUT2D eigenvalue weighted by molar-refractivity contribution is 0.103. The number of thiophene rings is 8. The van der Waals surface area contributed by atoms with E-state index in [2.05, 4.69) is 173 Å². The monoisotopic (exact) mass is 1370 g/mol. The minimum absolute atomic E-state index is 0.0766. The van der Waals surface area contributed by atoms with Gasteiger partial charge in [0.15, 0.2) is 11.6 Å². The summed E-state index contributed by atoms with van der Waals surface area (Å²) in [4.78, 5) is 39.4. The third kappa shape index (κ3) is 8.17. The van der Waals surface area contributed by atoms with Gasteiger partial charge < -0.3 is 0 Å². The van der Waals surface area contributed by atoms with Crippen molar-refractivity contribution < 1.29 is 9.59 Å². The number of rotatable bonds is 8. The Labute approximate surface area is 584 Å². The van der Waals surface area contributed by atoms with E-state index < -0.39 is 10.8 Å². The number of nitriles is 4. The number of Topliss-reactive ketones (excluding diaryl/α,β-unsaturated/α-hetero) is 2. The van der Waals surface area contributed by atoms with Gasteiger partial charge in [0, 0.05) is 94.3 Å². The Hall–Kier alpha value is -10.0. The van der Waals surface area contributed by atoms with Crippen molar-refractivity contribution >= 4 is 154 Å². The fourth-order valence-electron chi connectivity index (χ4n) is 15.0. The second kappa shape index (κ2) is 21.7. The zero-order valence-electron chi connectivity index (χ0n) is 51.3. The number of allylic oxidation sites excluding steroid dienone is 6. The highest BCUT2D eigenvalue weighted by Gasteiger charge is 2.56. The van der Waals surface area contributed by atoms with E-state index in [0.29, 0.717) is 44.5 Å². The highest BCUT2D eigenvalue weighted by molar-refractivity contribution is 7.38. The molecule has 6 nitrogen and oxygen atoms in total. The molecule has 0 amide bonds. The fourth-order valence-corrected chi connectivity index (χ4v) is 26.0. The van der Waals surface area contributed by atoms with Gasteiger partial charge in [0.25, 0.3) is 0 Å². The molecule has 0 saturated heterocycles. The van der Waals surface area contributed by atoms with Crippen molar-refractivity contribution in [2.24, 2.45) is 0 Å². The van der Waals surface area contributed by atoms with E-state index in [1.54, 1.807) is 34.8 Å². The number of benzene rings is 6. The minimum Gasteiger partial charge on any atom is -0.289 e. The van der Waals surface area contributed by atoms with Crippen LogP contribution in [0.2, 0.25) is 0 Å². The first-order valence-corrected chi connectivity index (χ1v) is 37.4. The van der Waals surface area contributed by atoms with Crippen LogP contribution in [0, 0.1) is 73.0 Å². The molecular formula is C82H44N4O2S8. The highest BCUT2D eigenvalue weighted by Crippen LogP contribution is 2.72. The van der Waals surface area contributed by atoms with Crippen molar-refractivity contribution in [3.8, 4) is 63.3 Å². The Morgan fingerprint density at radius 1 is 0.344 bits per heavy atom. The number of carbonyl (C=O) groups is 2. The third-order valence-electron chi connectivity index (χ3n) is 19.3. The van der Waals surface area contributed by atoms with Gasteiger partial charge in [0.2, 0.25) is 0 Å². The van der Waals surface area contributed by atoms with E-state index >= 15 is 0 Å². The van der Waals surface area contributed by atoms with Crippen LogP contribution in [-0.4, -0.2) is 11.6 Å². The second-order valence-electron chi connectivity index (χ2n) is 24.7. The lowest BCUT2D eigenvalue weighted by Crippen LogP contribution is -2.29. The molecule has 8 heterocycles. The lowest BCUT2D eigenvalue weighted by atomic mass is 9.67. The largest absolute Gasteiger partial charge is 0.289 e. The van der Waals surface area contributed by atoms with Crippen molar-refractivity contribution in [2.45, 2.75) is 38.5 Å². The van der Waals surface area contributed by atoms with E-state index in [-0.39, 0.29) is 22.7 Å². The molecule has 0 radical (unpaired) electrons. The van der Waals surface area contributed by atoms with Crippen LogP contribution in [0.15, 0.2) is 204 Å². The second-order valence-corrected chi connectivity index (χ2v) is 33.2. The third-order valence-corrected chi connectivity index (χ3v) is 29.4. The van der Waals surface area contributed by atoms with Crippen LogP contribution < -0.4 is 0 Å². The summed E-state index contributed by atoms with van der Waals surface area (Å²) in [5.74, 6) is -0.382. The number of aryl methyl sites for hydroxylation is 4. The van der Waals surface area contributed by atoms with Crippen LogP contribution in [0.5, 0.6) is 0 Å². The molecule has 0 unspecified atom stereocenters. The molecule has 0 aliphatic heterocycles. The average molecular weight is 1370 g/mol.